The van der Waals surface area contributed by atoms with Crippen LogP contribution in [-0.4, -0.2) is 42.4 Å². The highest BCUT2D eigenvalue weighted by molar-refractivity contribution is 6.15. The highest BCUT2D eigenvalue weighted by atomic mass is 15.2. The van der Waals surface area contributed by atoms with E-state index in [0.29, 0.717) is 50.7 Å². The number of fused-ring (bicyclic) bond motifs is 18. The zero-order chi connectivity index (χ0) is 98.2. The smallest absolute Gasteiger partial charge is 0.194 e. The maximum absolute atomic E-state index is 9.77. The maximum Gasteiger partial charge on any atom is 0.194 e. The van der Waals surface area contributed by atoms with E-state index in [4.69, 9.17) is 21.5 Å². The molecule has 18 aromatic carbocycles. The molecule has 0 amide bonds. The number of nitrogens with zero attached hydrogens (tertiary/aromatic N) is 16. The van der Waals surface area contributed by atoms with Crippen molar-refractivity contribution in [1.82, 2.24) is 42.4 Å². The van der Waals surface area contributed by atoms with E-state index >= 15 is 0 Å². The van der Waals surface area contributed by atoms with Crippen molar-refractivity contribution < 1.29 is 0 Å². The summed E-state index contributed by atoms with van der Waals surface area (Å²) in [5, 5.41) is 70.8. The number of nitriles is 6. The summed E-state index contributed by atoms with van der Waals surface area (Å²) in [6.07, 6.45) is 0. The van der Waals surface area contributed by atoms with Crippen molar-refractivity contribution in [2.24, 2.45) is 0 Å². The van der Waals surface area contributed by atoms with Crippen LogP contribution in [0.1, 0.15) is 33.4 Å². The molecule has 16 heteroatoms. The number of para-hydroxylation sites is 9. The van der Waals surface area contributed by atoms with E-state index in [0.717, 1.165) is 199 Å². The second-order valence-electron chi connectivity index (χ2n) is 36.0. The van der Waals surface area contributed by atoms with Crippen LogP contribution >= 0.6 is 0 Å². The average molecular weight is 1860 g/mol. The summed E-state index contributed by atoms with van der Waals surface area (Å²) in [6.45, 7) is 7.74. The molecule has 27 aromatic rings. The Hall–Kier alpha value is -21.4. The molecule has 0 aliphatic rings. The lowest BCUT2D eigenvalue weighted by atomic mass is 9.98. The van der Waals surface area contributed by atoms with Crippen molar-refractivity contribution in [2.75, 3.05) is 0 Å². The quantitative estimate of drug-likeness (QED) is 0.106. The second-order valence-corrected chi connectivity index (χ2v) is 36.0. The van der Waals surface area contributed by atoms with Crippen LogP contribution in [0, 0.1) is 74.6 Å². The molecular formula is C130H74N16. The molecule has 9 heterocycles. The number of hydrogen-bond donors (Lipinski definition) is 0. The lowest BCUT2D eigenvalue weighted by molar-refractivity contribution is 1.01. The first-order valence-electron chi connectivity index (χ1n) is 47.6. The van der Waals surface area contributed by atoms with Crippen molar-refractivity contribution >= 4 is 137 Å². The van der Waals surface area contributed by atoms with Crippen LogP contribution in [-0.2, 0) is 0 Å². The predicted molar refractivity (Wildman–Crippen MR) is 586 cm³/mol. The van der Waals surface area contributed by atoms with Gasteiger partial charge in [-0.25, -0.2) is 19.8 Å². The molecule has 146 heavy (non-hydrogen) atoms. The van der Waals surface area contributed by atoms with Gasteiger partial charge in [-0.05, 0) is 267 Å². The van der Waals surface area contributed by atoms with Crippen LogP contribution in [0.15, 0.2) is 449 Å². The summed E-state index contributed by atoms with van der Waals surface area (Å²) in [7, 11) is 0. The molecule has 0 saturated carbocycles. The van der Waals surface area contributed by atoms with Gasteiger partial charge in [0.25, 0.3) is 0 Å². The van der Waals surface area contributed by atoms with Crippen LogP contribution in [0.5, 0.6) is 0 Å². The van der Waals surface area contributed by atoms with Gasteiger partial charge in [0, 0.05) is 64.6 Å². The molecule has 0 aliphatic heterocycles. The fourth-order valence-corrected chi connectivity index (χ4v) is 21.1. The highest BCUT2D eigenvalue weighted by Crippen LogP contribution is 2.45. The first-order chi connectivity index (χ1) is 72.0. The van der Waals surface area contributed by atoms with Crippen molar-refractivity contribution in [1.29, 1.82) is 31.6 Å². The van der Waals surface area contributed by atoms with E-state index in [9.17, 15) is 31.6 Å². The lowest BCUT2D eigenvalue weighted by Crippen LogP contribution is -2.04. The molecule has 0 N–H and O–H groups in total. The summed E-state index contributed by atoms with van der Waals surface area (Å²) in [5.74, 6) is 4.61. The van der Waals surface area contributed by atoms with Crippen LogP contribution in [0.25, 0.3) is 237 Å². The highest BCUT2D eigenvalue weighted by Gasteiger charge is 2.26. The minimum absolute atomic E-state index is 0.545. The fourth-order valence-electron chi connectivity index (χ4n) is 21.1. The standard InChI is InChI=1S/2C44H24N6.C42H26N4/c45-25-28-7-5-8-31(19-28)32-9-6-10-33(22-32)34-23-43(49-39-13-3-1-11-35(39)36-12-2-4-14-40(36)49)48-44(24-34)50-41-17-15-29(26-46)20-37(41)38-21-30(27-47)16-18-42(38)50;45-25-28-12-16-31(17-13-28)32-6-5-7-33(22-32)34-23-43(49-39-10-3-1-8-35(39)36-9-2-4-11-40(36)49)48-44(24-34)50-41-18-14-29(26-46)20-37(41)38-21-30(27-47)15-19-42(38)50;1-43-36-20-7-2-15-31(36)29-14-12-13-28(25-29)30-26-41(45-37-21-8-3-16-32(37)33-17-4-9-22-38(33)45)44-42(27-30)46-39-23-10-5-18-34(39)35-19-6-11-24-40(35)46/h2*1-24H;2-27H. The maximum atomic E-state index is 9.77. The third-order valence-corrected chi connectivity index (χ3v) is 27.7. The first kappa shape index (κ1) is 86.2. The Morgan fingerprint density at radius 2 is 0.377 bits per heavy atom. The Bertz CT molecular complexity index is 10000. The Morgan fingerprint density at radius 1 is 0.164 bits per heavy atom. The third-order valence-electron chi connectivity index (χ3n) is 27.7. The molecule has 0 radical (unpaired) electrons. The van der Waals surface area contributed by atoms with Crippen LogP contribution in [0.4, 0.5) is 5.69 Å². The molecule has 0 unspecified atom stereocenters. The van der Waals surface area contributed by atoms with Gasteiger partial charge in [-0.1, -0.05) is 249 Å². The van der Waals surface area contributed by atoms with E-state index < -0.39 is 0 Å². The Kier molecular flexibility index (Phi) is 21.2. The van der Waals surface area contributed by atoms with Crippen molar-refractivity contribution in [3.05, 3.63) is 494 Å². The Morgan fingerprint density at radius 3 is 0.658 bits per heavy atom. The normalized spacial score (nSPS) is 11.2. The zero-order valence-electron chi connectivity index (χ0n) is 77.9. The monoisotopic (exact) mass is 1860 g/mol. The summed E-state index contributed by atoms with van der Waals surface area (Å²) in [5.41, 5.74) is 28.3. The minimum Gasteiger partial charge on any atom is -0.294 e. The minimum atomic E-state index is 0.545. The molecule has 0 saturated heterocycles. The van der Waals surface area contributed by atoms with Crippen molar-refractivity contribution in [3.63, 3.8) is 0 Å². The molecule has 0 bridgehead atoms. The van der Waals surface area contributed by atoms with E-state index in [1.165, 1.54) is 21.5 Å². The van der Waals surface area contributed by atoms with Gasteiger partial charge < -0.3 is 0 Å². The molecule has 0 aliphatic carbocycles. The lowest BCUT2D eigenvalue weighted by Gasteiger charge is -2.15. The van der Waals surface area contributed by atoms with Gasteiger partial charge in [-0.3, -0.25) is 27.4 Å². The van der Waals surface area contributed by atoms with Gasteiger partial charge >= 0.3 is 0 Å². The number of aromatic nitrogens is 9. The molecule has 9 aromatic heterocycles. The number of benzene rings is 18. The van der Waals surface area contributed by atoms with Gasteiger partial charge in [0.1, 0.15) is 34.9 Å². The average Bonchev–Trinajstić information content (AvgIpc) is 1.59. The molecule has 0 fully saturated rings. The number of pyridine rings is 3. The number of rotatable bonds is 12. The summed E-state index contributed by atoms with van der Waals surface area (Å²) < 4.78 is 13.2. The van der Waals surface area contributed by atoms with Gasteiger partial charge in [-0.15, -0.1) is 0 Å². The van der Waals surface area contributed by atoms with Gasteiger partial charge in [0.15, 0.2) is 5.69 Å². The van der Waals surface area contributed by atoms with Crippen LogP contribution in [0.3, 0.4) is 0 Å². The molecular weight excluding hydrogens is 1790 g/mol. The topological polar surface area (TPSA) is 215 Å². The summed E-state index contributed by atoms with van der Waals surface area (Å²) >= 11 is 0. The molecule has 0 atom stereocenters. The second kappa shape index (κ2) is 35.9. The fraction of sp³-hybridized carbons (Fsp3) is 0. The number of hydrogen-bond acceptors (Lipinski definition) is 9. The molecule has 0 spiro atoms. The summed E-state index contributed by atoms with van der Waals surface area (Å²) in [4.78, 5) is 20.0. The van der Waals surface area contributed by atoms with Crippen molar-refractivity contribution in [3.8, 4) is 138 Å². The van der Waals surface area contributed by atoms with E-state index in [2.05, 4.69) is 354 Å². The van der Waals surface area contributed by atoms with Crippen molar-refractivity contribution in [2.45, 2.75) is 0 Å². The Balaban J connectivity index is 0.000000114. The van der Waals surface area contributed by atoms with E-state index in [-0.39, 0.29) is 0 Å². The zero-order valence-corrected chi connectivity index (χ0v) is 77.9. The first-order valence-corrected chi connectivity index (χ1v) is 47.6. The van der Waals surface area contributed by atoms with E-state index in [1.807, 2.05) is 164 Å². The molecule has 674 valence electrons. The molecule has 27 rings (SSSR count). The van der Waals surface area contributed by atoms with Gasteiger partial charge in [-0.2, -0.15) is 31.6 Å². The van der Waals surface area contributed by atoms with E-state index in [1.54, 1.807) is 0 Å². The Labute approximate surface area is 836 Å². The SMILES string of the molecule is N#Cc1ccc(-c2cccc(-c3cc(-n4c5ccccc5c5ccccc54)nc(-n4c5ccc(C#N)cc5c5cc(C#N)ccc54)c3)c2)cc1.N#Cc1cccc(-c2cccc(-c3cc(-n4c5ccccc5c5ccccc54)nc(-n4c5ccc(C#N)cc5c5cc(C#N)ccc54)c3)c2)c1.[C-]#[N+]c1ccccc1-c1cccc(-c2cc(-n3c4ccccc4c4ccccc43)nc(-n3c4ccccc4c4ccccc43)c2)c1. The summed E-state index contributed by atoms with van der Waals surface area (Å²) in [6, 6.07) is 165. The van der Waals surface area contributed by atoms with Gasteiger partial charge in [0.05, 0.1) is 143 Å². The van der Waals surface area contributed by atoms with Crippen LogP contribution < -0.4 is 0 Å². The van der Waals surface area contributed by atoms with Crippen LogP contribution in [0.2, 0.25) is 0 Å². The predicted octanol–water partition coefficient (Wildman–Crippen LogP) is 31.6. The van der Waals surface area contributed by atoms with Gasteiger partial charge in [0.2, 0.25) is 0 Å². The third kappa shape index (κ3) is 14.8. The molecule has 16 nitrogen and oxygen atoms in total. The largest absolute Gasteiger partial charge is 0.294 e.